The van der Waals surface area contributed by atoms with Gasteiger partial charge in [0.05, 0.1) is 37.1 Å². The molecular formula is C92H86N4O26. The van der Waals surface area contributed by atoms with Crippen LogP contribution in [0.25, 0.3) is 89.6 Å². The van der Waals surface area contributed by atoms with Gasteiger partial charge in [-0.2, -0.15) is 4.99 Å². The summed E-state index contributed by atoms with van der Waals surface area (Å²) in [6, 6.07) is 44.3. The van der Waals surface area contributed by atoms with Gasteiger partial charge in [0, 0.05) is 135 Å². The van der Waals surface area contributed by atoms with E-state index in [1.807, 2.05) is 112 Å². The standard InChI is InChI=1S/C14H12O4.3C14H14O4.C14H12O3.C7H5N3O2.C7H5NO2.C7H6O3.CH4/c1-14(2)13-12(17-13)8-5-7-3-4-11(15)16-9(7)6-10(8)18-14;3*1-14(2)12(15)6-9-5-8-3-4-13(16)17-10(8)7-11(9)18-14;1-14(2)6-5-10-7-9-3-4-13(15)16-11(9)8-12(10)17-14;8-10-9-7(11)4-3-6-2-1-5-12-6;9-6-8-4-3-7-2-1-5-10-7;8-7(9)4-3-6-2-1-5-10-6;/h3-6,12-13H,1-2H3;3*3-5,7,12,15H,6H2,1-2H3;3-8H,1-2H3;1-5H;1-5H;1-5H,(H,8,9);1H4/b;;;;;3*4-3+;/t12-,13-;3*12-;;;;;/m1110...../s1. The van der Waals surface area contributed by atoms with Crippen molar-refractivity contribution in [2.75, 3.05) is 0 Å². The van der Waals surface area contributed by atoms with E-state index in [4.69, 9.17) is 74.4 Å². The minimum absolute atomic E-state index is 0. The monoisotopic (exact) mass is 1660 g/mol. The highest BCUT2D eigenvalue weighted by Crippen LogP contribution is 2.54. The van der Waals surface area contributed by atoms with Crippen LogP contribution in [0, 0.1) is 0 Å². The second kappa shape index (κ2) is 37.3. The highest BCUT2D eigenvalue weighted by molar-refractivity contribution is 5.92. The lowest BCUT2D eigenvalue weighted by Gasteiger charge is -2.37. The maximum Gasteiger partial charge on any atom is 0.336 e. The second-order valence-electron chi connectivity index (χ2n) is 30.7. The van der Waals surface area contributed by atoms with E-state index >= 15 is 0 Å². The Labute approximate surface area is 694 Å². The zero-order chi connectivity index (χ0) is 86.7. The van der Waals surface area contributed by atoms with Crippen molar-refractivity contribution in [1.82, 2.24) is 0 Å². The molecule has 5 aromatic carbocycles. The van der Waals surface area contributed by atoms with Crippen LogP contribution in [-0.2, 0) is 38.4 Å². The Balaban J connectivity index is 0.000000137. The van der Waals surface area contributed by atoms with E-state index in [0.29, 0.717) is 81.7 Å². The van der Waals surface area contributed by atoms with Gasteiger partial charge in [-0.25, -0.2) is 33.6 Å². The molecule has 5 atom stereocenters. The zero-order valence-corrected chi connectivity index (χ0v) is 66.9. The summed E-state index contributed by atoms with van der Waals surface area (Å²) in [4.78, 5) is 91.6. The number of azide groups is 1. The number of ether oxygens (including phenoxy) is 6. The number of isocyanates is 1. The Morgan fingerprint density at radius 1 is 0.459 bits per heavy atom. The molecular weight excluding hydrogens is 1580 g/mol. The van der Waals surface area contributed by atoms with E-state index in [-0.39, 0.29) is 59.0 Å². The molecule has 0 radical (unpaired) electrons. The lowest BCUT2D eigenvalue weighted by atomic mass is 9.90. The van der Waals surface area contributed by atoms with Crippen LogP contribution in [0.4, 0.5) is 0 Å². The number of aliphatic imine (C=N–C) groups is 1. The molecule has 122 heavy (non-hydrogen) atoms. The van der Waals surface area contributed by atoms with E-state index in [1.54, 1.807) is 109 Å². The van der Waals surface area contributed by atoms with Crippen LogP contribution in [0.15, 0.2) is 270 Å². The van der Waals surface area contributed by atoms with Gasteiger partial charge in [0.1, 0.15) is 114 Å². The summed E-state index contributed by atoms with van der Waals surface area (Å²) in [6.45, 7) is 19.0. The number of aliphatic hydroxyl groups is 3. The fraction of sp³-hybridized carbons (Fsp3) is 0.261. The number of hydrogen-bond acceptors (Lipinski definition) is 26. The van der Waals surface area contributed by atoms with E-state index in [1.165, 1.54) is 67.3 Å². The van der Waals surface area contributed by atoms with Crippen LogP contribution in [0.3, 0.4) is 0 Å². The van der Waals surface area contributed by atoms with Crippen LogP contribution in [0.2, 0.25) is 0 Å². The summed E-state index contributed by atoms with van der Waals surface area (Å²) in [5.74, 6) is 3.65. The fourth-order valence-corrected chi connectivity index (χ4v) is 12.9. The van der Waals surface area contributed by atoms with Gasteiger partial charge in [-0.1, -0.05) is 13.5 Å². The van der Waals surface area contributed by atoms with Crippen molar-refractivity contribution in [3.05, 3.63) is 309 Å². The minimum atomic E-state index is -0.976. The summed E-state index contributed by atoms with van der Waals surface area (Å²) >= 11 is 0. The van der Waals surface area contributed by atoms with E-state index < -0.39 is 47.0 Å². The van der Waals surface area contributed by atoms with Crippen LogP contribution in [-0.4, -0.2) is 90.8 Å². The van der Waals surface area contributed by atoms with Gasteiger partial charge in [0.25, 0.3) is 0 Å². The van der Waals surface area contributed by atoms with Crippen LogP contribution in [0.5, 0.6) is 28.7 Å². The predicted molar refractivity (Wildman–Crippen MR) is 452 cm³/mol. The van der Waals surface area contributed by atoms with Gasteiger partial charge in [-0.15, -0.1) is 0 Å². The first-order valence-corrected chi connectivity index (χ1v) is 37.7. The van der Waals surface area contributed by atoms with Crippen LogP contribution < -0.4 is 51.8 Å². The molecule has 0 spiro atoms. The molecule has 0 bridgehead atoms. The van der Waals surface area contributed by atoms with Crippen molar-refractivity contribution < 1.29 is 98.6 Å². The van der Waals surface area contributed by atoms with E-state index in [2.05, 4.69) is 15.0 Å². The smallest absolute Gasteiger partial charge is 0.336 e. The molecule has 6 aliphatic rings. The third-order valence-corrected chi connectivity index (χ3v) is 19.5. The number of carboxylic acids is 1. The molecule has 4 N–H and O–H groups in total. The lowest BCUT2D eigenvalue weighted by molar-refractivity contribution is -0.131. The van der Waals surface area contributed by atoms with Gasteiger partial charge in [-0.3, -0.25) is 4.79 Å². The Bertz CT molecular complexity index is 6190. The van der Waals surface area contributed by atoms with Gasteiger partial charge >= 0.3 is 34.1 Å². The first kappa shape index (κ1) is 88.4. The Hall–Kier alpha value is -14.4. The minimum Gasteiger partial charge on any atom is -0.485 e. The van der Waals surface area contributed by atoms with Gasteiger partial charge in [0.15, 0.2) is 0 Å². The number of furan rings is 3. The molecule has 0 unspecified atom stereocenters. The molecule has 30 nitrogen and oxygen atoms in total. The molecule has 19 rings (SSSR count). The number of carboxylic acid groups (broad SMARTS) is 1. The zero-order valence-electron chi connectivity index (χ0n) is 66.9. The summed E-state index contributed by atoms with van der Waals surface area (Å²) < 4.78 is 75.0. The number of amides is 1. The molecule has 6 aliphatic heterocycles. The first-order valence-electron chi connectivity index (χ1n) is 37.7. The second-order valence-corrected chi connectivity index (χ2v) is 30.7. The summed E-state index contributed by atoms with van der Waals surface area (Å²) in [5.41, 5.74) is 11.0. The molecule has 1 fully saturated rings. The highest BCUT2D eigenvalue weighted by atomic mass is 16.6. The third kappa shape index (κ3) is 22.5. The maximum absolute atomic E-state index is 11.2. The molecule has 13 aromatic rings. The number of carbonyl (C=O) groups excluding carboxylic acids is 2. The van der Waals surface area contributed by atoms with E-state index in [9.17, 15) is 53.7 Å². The molecule has 630 valence electrons. The number of rotatable bonds is 6. The number of benzene rings is 5. The SMILES string of the molecule is C.CC1(C)C=Cc2cc3ccc(=O)oc3cc2O1.CC1(C)Oc2cc3oc(=O)ccc3cc2C[C@@H]1O.CC1(C)Oc2cc3oc(=O)ccc3cc2C[C@H]1O.CC1(C)Oc2cc3oc(=O)ccc3cc2C[C@H]1O.CC1(C)Oc2cc3oc(=O)ccc3cc2[C@H]2O[C@H]21.O=C(O)/C=C/c1ccco1.O=C=N/C=C/c1ccco1.[N-]=[N+]=NC(=O)/C=C/c1ccco1. The number of epoxide rings is 1. The van der Waals surface area contributed by atoms with Crippen molar-refractivity contribution in [3.63, 3.8) is 0 Å². The highest BCUT2D eigenvalue weighted by Gasteiger charge is 2.57. The van der Waals surface area contributed by atoms with Crippen molar-refractivity contribution in [2.24, 2.45) is 10.1 Å². The van der Waals surface area contributed by atoms with Crippen molar-refractivity contribution in [3.8, 4) is 28.7 Å². The Morgan fingerprint density at radius 2 is 0.820 bits per heavy atom. The van der Waals surface area contributed by atoms with Gasteiger partial charge in [0.2, 0.25) is 12.0 Å². The fourth-order valence-electron chi connectivity index (χ4n) is 12.9. The lowest BCUT2D eigenvalue weighted by Crippen LogP contribution is -2.46. The molecule has 1 saturated heterocycles. The normalized spacial score (nSPS) is 18.4. The number of nitrogens with zero attached hydrogens (tertiary/aromatic N) is 4. The summed E-state index contributed by atoms with van der Waals surface area (Å²) in [7, 11) is 0. The largest absolute Gasteiger partial charge is 0.485 e. The number of aliphatic carboxylic acids is 1. The molecule has 30 heteroatoms. The molecule has 8 aromatic heterocycles. The van der Waals surface area contributed by atoms with Crippen LogP contribution in [0.1, 0.15) is 128 Å². The number of hydrogen-bond donors (Lipinski definition) is 4. The predicted octanol–water partition coefficient (Wildman–Crippen LogP) is 16.7. The van der Waals surface area contributed by atoms with E-state index in [0.717, 1.165) is 78.4 Å². The van der Waals surface area contributed by atoms with Crippen molar-refractivity contribution in [1.29, 1.82) is 0 Å². The topological polar surface area (TPSA) is 442 Å². The van der Waals surface area contributed by atoms with Crippen LogP contribution >= 0.6 is 0 Å². The molecule has 0 saturated carbocycles. The quantitative estimate of drug-likeness (QED) is 0.0175. The maximum atomic E-state index is 11.2. The summed E-state index contributed by atoms with van der Waals surface area (Å²) in [5, 5.41) is 45.3. The number of carbonyl (C=O) groups is 2. The number of aliphatic hydroxyl groups excluding tert-OH is 3. The average Bonchev–Trinajstić information content (AvgIpc) is 1.56. The Morgan fingerprint density at radius 3 is 1.20 bits per heavy atom. The van der Waals surface area contributed by atoms with Crippen molar-refractivity contribution >= 4 is 97.1 Å². The Kier molecular flexibility index (Phi) is 27.0. The van der Waals surface area contributed by atoms with Gasteiger partial charge in [-0.05, 0) is 224 Å². The number of fused-ring (bicyclic) bond motifs is 12. The van der Waals surface area contributed by atoms with Gasteiger partial charge < -0.3 is 84.2 Å². The molecule has 0 aliphatic carbocycles. The van der Waals surface area contributed by atoms with Crippen molar-refractivity contribution in [2.45, 2.75) is 154 Å². The third-order valence-electron chi connectivity index (χ3n) is 19.5. The first-order chi connectivity index (χ1) is 57.5. The molecule has 1 amide bonds. The summed E-state index contributed by atoms with van der Waals surface area (Å²) in [6.07, 6.45) is 18.0. The average molecular weight is 1660 g/mol. The molecule has 14 heterocycles.